The molecule has 0 aromatic rings. The van der Waals surface area contributed by atoms with E-state index in [4.69, 9.17) is 14.6 Å². The molecule has 1 saturated heterocycles. The van der Waals surface area contributed by atoms with Gasteiger partial charge >= 0.3 is 0 Å². The predicted molar refractivity (Wildman–Crippen MR) is 136 cm³/mol. The number of nitrogens with one attached hydrogen (secondary N) is 1. The molecule has 1 aliphatic rings. The van der Waals surface area contributed by atoms with Crippen molar-refractivity contribution in [2.45, 2.75) is 105 Å². The largest absolute Gasteiger partial charge is 0.483 e. The summed E-state index contributed by atoms with van der Waals surface area (Å²) in [5, 5.41) is 9.74. The normalized spacial score (nSPS) is 19.7. The molecule has 0 saturated carbocycles. The molecule has 0 aromatic heterocycles. The first-order chi connectivity index (χ1) is 15.6. The zero-order valence-corrected chi connectivity index (χ0v) is 23.2. The Morgan fingerprint density at radius 2 is 1.70 bits per heavy atom. The van der Waals surface area contributed by atoms with Gasteiger partial charge in [-0.1, -0.05) is 61.3 Å². The number of rotatable bonds is 9. The van der Waals surface area contributed by atoms with Crippen molar-refractivity contribution in [3.8, 4) is 0 Å². The summed E-state index contributed by atoms with van der Waals surface area (Å²) < 4.78 is 5.60. The molecule has 8 heteroatoms. The molecule has 198 valence electrons. The Labute approximate surface area is 203 Å². The van der Waals surface area contributed by atoms with Crippen molar-refractivity contribution < 1.29 is 24.2 Å². The summed E-state index contributed by atoms with van der Waals surface area (Å²) in [5.74, 6) is 0.194. The van der Waals surface area contributed by atoms with E-state index < -0.39 is 5.54 Å². The standard InChI is InChI=1S/C19H37N3O3.C3H8.C2H6.CH2O2/c1-8-14(3)17(15(9-2)25-7)22(6)16(23)13-20-18(24)19(4)11-10-12-21(19)5;1-3-2;1-2;2-1-3/h14-15,17H,8-13H2,1-7H3,(H,20,24);3H2,1-2H3;1-2H3;1H,(H,2,3). The van der Waals surface area contributed by atoms with Gasteiger partial charge in [0.2, 0.25) is 11.8 Å². The van der Waals surface area contributed by atoms with Crippen LogP contribution in [-0.4, -0.2) is 85.2 Å². The molecule has 2 amide bonds. The average molecular weight is 476 g/mol. The number of ether oxygens (including phenoxy) is 1. The third-order valence-electron chi connectivity index (χ3n) is 6.04. The highest BCUT2D eigenvalue weighted by Crippen LogP contribution is 2.27. The summed E-state index contributed by atoms with van der Waals surface area (Å²) in [7, 11) is 5.47. The van der Waals surface area contributed by atoms with E-state index in [1.54, 1.807) is 12.0 Å². The molecule has 1 fully saturated rings. The van der Waals surface area contributed by atoms with Crippen LogP contribution in [0.3, 0.4) is 0 Å². The molecule has 0 spiro atoms. The molecule has 0 radical (unpaired) electrons. The number of methoxy groups -OCH3 is 1. The maximum atomic E-state index is 12.7. The summed E-state index contributed by atoms with van der Waals surface area (Å²) >= 11 is 0. The molecule has 33 heavy (non-hydrogen) atoms. The van der Waals surface area contributed by atoms with Crippen molar-refractivity contribution in [1.82, 2.24) is 15.1 Å². The van der Waals surface area contributed by atoms with Crippen LogP contribution in [0.2, 0.25) is 0 Å². The first-order valence-electron chi connectivity index (χ1n) is 12.4. The van der Waals surface area contributed by atoms with E-state index in [-0.39, 0.29) is 37.0 Å². The third-order valence-corrected chi connectivity index (χ3v) is 6.04. The van der Waals surface area contributed by atoms with Crippen LogP contribution >= 0.6 is 0 Å². The Kier molecular flexibility index (Phi) is 22.7. The Hall–Kier alpha value is -1.67. The molecule has 0 aliphatic carbocycles. The highest BCUT2D eigenvalue weighted by Gasteiger charge is 2.41. The van der Waals surface area contributed by atoms with Crippen LogP contribution in [-0.2, 0) is 19.1 Å². The van der Waals surface area contributed by atoms with Crippen molar-refractivity contribution in [2.75, 3.05) is 34.3 Å². The average Bonchev–Trinajstić information content (AvgIpc) is 3.16. The summed E-state index contributed by atoms with van der Waals surface area (Å²) in [6.07, 6.45) is 4.90. The van der Waals surface area contributed by atoms with E-state index in [0.29, 0.717) is 5.92 Å². The first-order valence-corrected chi connectivity index (χ1v) is 12.4. The smallest absolute Gasteiger partial charge is 0.290 e. The number of carbonyl (C=O) groups is 3. The SMILES string of the molecule is CC.CCC.CCC(C)C(C(CC)OC)N(C)C(=O)CNC(=O)C1(C)CCCN1C.O=CO. The molecule has 0 bridgehead atoms. The van der Waals surface area contributed by atoms with Crippen molar-refractivity contribution in [3.05, 3.63) is 0 Å². The first kappa shape index (κ1) is 35.9. The van der Waals surface area contributed by atoms with Crippen molar-refractivity contribution in [1.29, 1.82) is 0 Å². The highest BCUT2D eigenvalue weighted by atomic mass is 16.5. The second-order valence-corrected chi connectivity index (χ2v) is 8.36. The van der Waals surface area contributed by atoms with Gasteiger partial charge in [0, 0.05) is 14.2 Å². The number of likely N-dealkylation sites (tertiary alicyclic amines) is 1. The number of hydrogen-bond acceptors (Lipinski definition) is 5. The quantitative estimate of drug-likeness (QED) is 0.489. The molecular weight excluding hydrogens is 422 g/mol. The monoisotopic (exact) mass is 475 g/mol. The van der Waals surface area contributed by atoms with Gasteiger partial charge < -0.3 is 20.1 Å². The fourth-order valence-corrected chi connectivity index (χ4v) is 3.81. The van der Waals surface area contributed by atoms with E-state index in [2.05, 4.69) is 44.8 Å². The molecule has 4 atom stereocenters. The lowest BCUT2D eigenvalue weighted by Crippen LogP contribution is -2.55. The zero-order chi connectivity index (χ0) is 26.6. The number of nitrogens with zero attached hydrogens (tertiary/aromatic N) is 2. The Morgan fingerprint density at radius 3 is 2.03 bits per heavy atom. The summed E-state index contributed by atoms with van der Waals surface area (Å²) in [4.78, 5) is 37.4. The Bertz CT molecular complexity index is 514. The van der Waals surface area contributed by atoms with Crippen LogP contribution in [0, 0.1) is 5.92 Å². The summed E-state index contributed by atoms with van der Waals surface area (Å²) in [6.45, 7) is 17.2. The lowest BCUT2D eigenvalue weighted by molar-refractivity contribution is -0.139. The van der Waals surface area contributed by atoms with Crippen LogP contribution in [0.5, 0.6) is 0 Å². The van der Waals surface area contributed by atoms with Crippen LogP contribution < -0.4 is 5.32 Å². The summed E-state index contributed by atoms with van der Waals surface area (Å²) in [5.41, 5.74) is -0.507. The van der Waals surface area contributed by atoms with Crippen LogP contribution in [0.25, 0.3) is 0 Å². The van der Waals surface area contributed by atoms with Gasteiger partial charge in [0.25, 0.3) is 6.47 Å². The third kappa shape index (κ3) is 12.4. The molecule has 8 nitrogen and oxygen atoms in total. The predicted octanol–water partition coefficient (Wildman–Crippen LogP) is 4.03. The van der Waals surface area contributed by atoms with Crippen molar-refractivity contribution in [3.63, 3.8) is 0 Å². The van der Waals surface area contributed by atoms with E-state index >= 15 is 0 Å². The van der Waals surface area contributed by atoms with Gasteiger partial charge in [-0.25, -0.2) is 0 Å². The zero-order valence-electron chi connectivity index (χ0n) is 23.2. The number of likely N-dealkylation sites (N-methyl/N-ethyl adjacent to an activating group) is 2. The minimum atomic E-state index is -0.507. The minimum absolute atomic E-state index is 0.00177. The van der Waals surface area contributed by atoms with Gasteiger partial charge in [-0.05, 0) is 45.7 Å². The minimum Gasteiger partial charge on any atom is -0.483 e. The fourth-order valence-electron chi connectivity index (χ4n) is 3.81. The van der Waals surface area contributed by atoms with Gasteiger partial charge in [-0.15, -0.1) is 0 Å². The van der Waals surface area contributed by atoms with Gasteiger partial charge in [-0.2, -0.15) is 0 Å². The Balaban J connectivity index is -0.000000987. The maximum absolute atomic E-state index is 12.7. The van der Waals surface area contributed by atoms with E-state index in [1.807, 2.05) is 34.9 Å². The summed E-state index contributed by atoms with van der Waals surface area (Å²) in [6, 6.07) is 0.00847. The van der Waals surface area contributed by atoms with Gasteiger partial charge in [0.15, 0.2) is 0 Å². The van der Waals surface area contributed by atoms with Gasteiger partial charge in [-0.3, -0.25) is 19.3 Å². The molecular formula is C25H53N3O5. The number of hydrogen-bond donors (Lipinski definition) is 2. The maximum Gasteiger partial charge on any atom is 0.290 e. The molecule has 1 rings (SSSR count). The topological polar surface area (TPSA) is 99.2 Å². The molecule has 1 aliphatic heterocycles. The lowest BCUT2D eigenvalue weighted by Gasteiger charge is -2.38. The Morgan fingerprint density at radius 1 is 1.21 bits per heavy atom. The van der Waals surface area contributed by atoms with Crippen molar-refractivity contribution in [2.24, 2.45) is 5.92 Å². The van der Waals surface area contributed by atoms with Crippen LogP contribution in [0.4, 0.5) is 0 Å². The molecule has 1 heterocycles. The van der Waals surface area contributed by atoms with Gasteiger partial charge in [0.1, 0.15) is 0 Å². The molecule has 2 N–H and O–H groups in total. The van der Waals surface area contributed by atoms with E-state index in [1.165, 1.54) is 6.42 Å². The fraction of sp³-hybridized carbons (Fsp3) is 0.880. The van der Waals surface area contributed by atoms with Crippen LogP contribution in [0.15, 0.2) is 0 Å². The lowest BCUT2D eigenvalue weighted by atomic mass is 9.91. The van der Waals surface area contributed by atoms with Gasteiger partial charge in [0.05, 0.1) is 24.2 Å². The second kappa shape index (κ2) is 20.9. The van der Waals surface area contributed by atoms with E-state index in [0.717, 1.165) is 32.2 Å². The highest BCUT2D eigenvalue weighted by molar-refractivity contribution is 5.90. The second-order valence-electron chi connectivity index (χ2n) is 8.36. The number of amides is 2. The van der Waals surface area contributed by atoms with Crippen molar-refractivity contribution >= 4 is 18.3 Å². The van der Waals surface area contributed by atoms with E-state index in [9.17, 15) is 9.59 Å². The molecule has 0 aromatic carbocycles. The van der Waals surface area contributed by atoms with Crippen LogP contribution in [0.1, 0.15) is 87.5 Å². The number of carbonyl (C=O) groups excluding carboxylic acids is 2. The molecule has 4 unspecified atom stereocenters. The number of carboxylic acid groups (broad SMARTS) is 1.